The average Bonchev–Trinajstić information content (AvgIpc) is 3.29. The predicted molar refractivity (Wildman–Crippen MR) is 137 cm³/mol. The van der Waals surface area contributed by atoms with Crippen LogP contribution in [0, 0.1) is 6.92 Å². The Morgan fingerprint density at radius 2 is 1.63 bits per heavy atom. The second-order valence-electron chi connectivity index (χ2n) is 8.30. The molecule has 0 aliphatic carbocycles. The summed E-state index contributed by atoms with van der Waals surface area (Å²) >= 11 is 0. The van der Waals surface area contributed by atoms with E-state index in [2.05, 4.69) is 0 Å². The van der Waals surface area contributed by atoms with Gasteiger partial charge in [0.1, 0.15) is 18.1 Å². The first-order chi connectivity index (χ1) is 17.0. The number of hydrogen-bond acceptors (Lipinski definition) is 4. The van der Waals surface area contributed by atoms with Crippen molar-refractivity contribution < 1.29 is 18.7 Å². The molecule has 1 aromatic heterocycles. The number of benzene rings is 2. The Hall–Kier alpha value is -3.64. The summed E-state index contributed by atoms with van der Waals surface area (Å²) in [5.41, 5.74) is 1.95. The van der Waals surface area contributed by atoms with E-state index < -0.39 is 0 Å². The summed E-state index contributed by atoms with van der Waals surface area (Å²) in [6.07, 6.45) is 3.96. The van der Waals surface area contributed by atoms with Crippen molar-refractivity contribution in [3.8, 4) is 0 Å². The molecule has 3 aromatic rings. The Balaban J connectivity index is 1.74. The van der Waals surface area contributed by atoms with E-state index >= 15 is 0 Å². The number of ether oxygens (including phenoxy) is 1. The van der Waals surface area contributed by atoms with Crippen LogP contribution in [0.5, 0.6) is 0 Å². The Labute approximate surface area is 207 Å². The number of carbonyl (C=O) groups excluding carboxylic acids is 2. The Bertz CT molecular complexity index is 1080. The fourth-order valence-corrected chi connectivity index (χ4v) is 3.66. The minimum Gasteiger partial charge on any atom is -0.464 e. The van der Waals surface area contributed by atoms with Crippen LogP contribution < -0.4 is 0 Å². The first kappa shape index (κ1) is 26.0. The van der Waals surface area contributed by atoms with Gasteiger partial charge in [0.25, 0.3) is 0 Å². The van der Waals surface area contributed by atoms with Gasteiger partial charge in [-0.2, -0.15) is 0 Å². The Morgan fingerprint density at radius 1 is 0.914 bits per heavy atom. The number of rotatable bonds is 13. The van der Waals surface area contributed by atoms with Crippen LogP contribution in [0.2, 0.25) is 0 Å². The molecule has 0 atom stereocenters. The van der Waals surface area contributed by atoms with E-state index in [1.54, 1.807) is 15.9 Å². The molecule has 0 fully saturated rings. The molecule has 0 saturated heterocycles. The minimum absolute atomic E-state index is 0.0172. The van der Waals surface area contributed by atoms with Crippen LogP contribution in [-0.4, -0.2) is 47.9 Å². The molecule has 2 aromatic carbocycles. The lowest BCUT2D eigenvalue weighted by atomic mass is 10.2. The molecule has 0 unspecified atom stereocenters. The average molecular weight is 475 g/mol. The van der Waals surface area contributed by atoms with Gasteiger partial charge in [-0.15, -0.1) is 0 Å². The van der Waals surface area contributed by atoms with Crippen molar-refractivity contribution in [2.45, 2.75) is 33.4 Å². The van der Waals surface area contributed by atoms with E-state index in [0.29, 0.717) is 45.0 Å². The minimum atomic E-state index is -0.202. The first-order valence-corrected chi connectivity index (χ1v) is 12.0. The van der Waals surface area contributed by atoms with E-state index in [1.165, 1.54) is 6.08 Å². The van der Waals surface area contributed by atoms with Crippen LogP contribution in [0.15, 0.2) is 83.3 Å². The van der Waals surface area contributed by atoms with Crippen LogP contribution in [-0.2, 0) is 27.4 Å². The molecule has 6 nitrogen and oxygen atoms in total. The zero-order valence-electron chi connectivity index (χ0n) is 20.6. The van der Waals surface area contributed by atoms with Gasteiger partial charge in [0.15, 0.2) is 0 Å². The summed E-state index contributed by atoms with van der Waals surface area (Å²) in [6.45, 7) is 6.16. The van der Waals surface area contributed by atoms with Crippen LogP contribution in [0.25, 0.3) is 6.08 Å². The number of amides is 2. The standard InChI is InChI=1S/C29H34N2O4/c1-3-34-20-10-19-30(28(32)18-16-25-11-6-4-7-12-25)23-29(33)31(21-26-13-8-5-9-14-26)22-27-17-15-24(2)35-27/h4-9,11-18H,3,10,19-23H2,1-2H3/b18-16+. The third-order valence-electron chi connectivity index (χ3n) is 5.49. The lowest BCUT2D eigenvalue weighted by molar-refractivity contribution is -0.139. The van der Waals surface area contributed by atoms with Gasteiger partial charge in [-0.25, -0.2) is 0 Å². The highest BCUT2D eigenvalue weighted by Gasteiger charge is 2.21. The highest BCUT2D eigenvalue weighted by Crippen LogP contribution is 2.14. The van der Waals surface area contributed by atoms with E-state index in [0.717, 1.165) is 16.9 Å². The van der Waals surface area contributed by atoms with E-state index in [1.807, 2.05) is 86.6 Å². The maximum Gasteiger partial charge on any atom is 0.247 e. The highest BCUT2D eigenvalue weighted by atomic mass is 16.5. The zero-order chi connectivity index (χ0) is 24.9. The Kier molecular flexibility index (Phi) is 10.3. The number of aryl methyl sites for hydroxylation is 1. The summed E-state index contributed by atoms with van der Waals surface area (Å²) in [7, 11) is 0. The van der Waals surface area contributed by atoms with Gasteiger partial charge in [-0.05, 0) is 49.6 Å². The smallest absolute Gasteiger partial charge is 0.247 e. The fraction of sp³-hybridized carbons (Fsp3) is 0.310. The predicted octanol–water partition coefficient (Wildman–Crippen LogP) is 5.09. The molecule has 35 heavy (non-hydrogen) atoms. The maximum absolute atomic E-state index is 13.5. The molecule has 0 N–H and O–H groups in total. The molecule has 184 valence electrons. The van der Waals surface area contributed by atoms with Crippen LogP contribution >= 0.6 is 0 Å². The van der Waals surface area contributed by atoms with Crippen molar-refractivity contribution in [2.24, 2.45) is 0 Å². The molecule has 0 aliphatic rings. The molecule has 0 radical (unpaired) electrons. The summed E-state index contributed by atoms with van der Waals surface area (Å²) in [4.78, 5) is 29.9. The van der Waals surface area contributed by atoms with Gasteiger partial charge in [0.05, 0.1) is 6.54 Å². The molecule has 1 heterocycles. The summed E-state index contributed by atoms with van der Waals surface area (Å²) in [5.74, 6) is 1.17. The van der Waals surface area contributed by atoms with Crippen molar-refractivity contribution in [1.29, 1.82) is 0 Å². The lowest BCUT2D eigenvalue weighted by Gasteiger charge is -2.27. The number of furan rings is 1. The number of carbonyl (C=O) groups is 2. The van der Waals surface area contributed by atoms with Crippen molar-refractivity contribution in [2.75, 3.05) is 26.3 Å². The van der Waals surface area contributed by atoms with Gasteiger partial charge in [-0.3, -0.25) is 9.59 Å². The zero-order valence-corrected chi connectivity index (χ0v) is 20.6. The van der Waals surface area contributed by atoms with Crippen molar-refractivity contribution in [1.82, 2.24) is 9.80 Å². The molecule has 6 heteroatoms. The first-order valence-electron chi connectivity index (χ1n) is 12.0. The van der Waals surface area contributed by atoms with E-state index in [4.69, 9.17) is 9.15 Å². The van der Waals surface area contributed by atoms with Crippen molar-refractivity contribution in [3.05, 3.63) is 102 Å². The van der Waals surface area contributed by atoms with Gasteiger partial charge in [0.2, 0.25) is 11.8 Å². The van der Waals surface area contributed by atoms with Gasteiger partial charge >= 0.3 is 0 Å². The third kappa shape index (κ3) is 8.91. The summed E-state index contributed by atoms with van der Waals surface area (Å²) in [6, 6.07) is 23.2. The van der Waals surface area contributed by atoms with E-state index in [9.17, 15) is 9.59 Å². The summed E-state index contributed by atoms with van der Waals surface area (Å²) < 4.78 is 11.2. The molecular weight excluding hydrogens is 440 g/mol. The molecule has 2 amide bonds. The van der Waals surface area contributed by atoms with Gasteiger partial charge in [-0.1, -0.05) is 60.7 Å². The van der Waals surface area contributed by atoms with E-state index in [-0.39, 0.29) is 18.4 Å². The SMILES string of the molecule is CCOCCCN(CC(=O)N(Cc1ccccc1)Cc1ccc(C)o1)C(=O)/C=C/c1ccccc1. The molecule has 0 aliphatic heterocycles. The fourth-order valence-electron chi connectivity index (χ4n) is 3.66. The number of nitrogens with zero attached hydrogens (tertiary/aromatic N) is 2. The number of hydrogen-bond donors (Lipinski definition) is 0. The van der Waals surface area contributed by atoms with Crippen molar-refractivity contribution in [3.63, 3.8) is 0 Å². The maximum atomic E-state index is 13.5. The largest absolute Gasteiger partial charge is 0.464 e. The molecule has 0 bridgehead atoms. The topological polar surface area (TPSA) is 63.0 Å². The van der Waals surface area contributed by atoms with Crippen LogP contribution in [0.1, 0.15) is 36.0 Å². The van der Waals surface area contributed by atoms with Crippen molar-refractivity contribution >= 4 is 17.9 Å². The van der Waals surface area contributed by atoms with Gasteiger partial charge < -0.3 is 19.0 Å². The molecule has 0 saturated carbocycles. The van der Waals surface area contributed by atoms with Crippen LogP contribution in [0.4, 0.5) is 0 Å². The van der Waals surface area contributed by atoms with Crippen LogP contribution in [0.3, 0.4) is 0 Å². The highest BCUT2D eigenvalue weighted by molar-refractivity contribution is 5.94. The molecular formula is C29H34N2O4. The quantitative estimate of drug-likeness (QED) is 0.256. The monoisotopic (exact) mass is 474 g/mol. The Morgan fingerprint density at radius 3 is 2.29 bits per heavy atom. The normalized spacial score (nSPS) is 11.0. The molecule has 3 rings (SSSR count). The van der Waals surface area contributed by atoms with Gasteiger partial charge in [0, 0.05) is 32.4 Å². The lowest BCUT2D eigenvalue weighted by Crippen LogP contribution is -2.42. The second kappa shape index (κ2) is 13.9. The molecule has 0 spiro atoms. The summed E-state index contributed by atoms with van der Waals surface area (Å²) in [5, 5.41) is 0. The second-order valence-corrected chi connectivity index (χ2v) is 8.30. The third-order valence-corrected chi connectivity index (χ3v) is 5.49.